The maximum Gasteiger partial charge on any atom is 0.124 e. The Hall–Kier alpha value is -2.01. The maximum absolute atomic E-state index is 5.74. The number of rotatable bonds is 1. The van der Waals surface area contributed by atoms with E-state index in [2.05, 4.69) is 14.3 Å². The fourth-order valence-electron chi connectivity index (χ4n) is 1.81. The Morgan fingerprint density at radius 2 is 2.18 bits per heavy atom. The van der Waals surface area contributed by atoms with Gasteiger partial charge in [0.1, 0.15) is 5.82 Å². The van der Waals surface area contributed by atoms with Gasteiger partial charge in [0, 0.05) is 17.1 Å². The van der Waals surface area contributed by atoms with Crippen LogP contribution in [-0.4, -0.2) is 14.3 Å². The minimum absolute atomic E-state index is 0.521. The third kappa shape index (κ3) is 1.74. The van der Waals surface area contributed by atoms with Crippen LogP contribution in [0.2, 0.25) is 0 Å². The maximum atomic E-state index is 5.74. The predicted molar refractivity (Wildman–Crippen MR) is 69.8 cm³/mol. The van der Waals surface area contributed by atoms with Crippen molar-refractivity contribution in [3.8, 4) is 11.3 Å². The van der Waals surface area contributed by atoms with Gasteiger partial charge in [0.15, 0.2) is 0 Å². The molecule has 0 saturated heterocycles. The fourth-order valence-corrected chi connectivity index (χ4v) is 2.34. The Bertz CT molecular complexity index is 676. The van der Waals surface area contributed by atoms with Crippen LogP contribution in [0.3, 0.4) is 0 Å². The molecule has 4 nitrogen and oxygen atoms in total. The van der Waals surface area contributed by atoms with Crippen LogP contribution in [-0.2, 0) is 0 Å². The van der Waals surface area contributed by atoms with Crippen LogP contribution in [0.15, 0.2) is 29.8 Å². The van der Waals surface area contributed by atoms with Gasteiger partial charge in [-0.25, -0.2) is 4.98 Å². The molecule has 3 aromatic rings. The van der Waals surface area contributed by atoms with Gasteiger partial charge in [-0.05, 0) is 42.2 Å². The molecule has 0 saturated carbocycles. The van der Waals surface area contributed by atoms with E-state index in [-0.39, 0.29) is 0 Å². The van der Waals surface area contributed by atoms with E-state index in [0.717, 1.165) is 27.9 Å². The van der Waals surface area contributed by atoms with Crippen molar-refractivity contribution in [2.24, 2.45) is 0 Å². The molecule has 0 aliphatic rings. The Labute approximate surface area is 102 Å². The zero-order valence-electron chi connectivity index (χ0n) is 9.21. The van der Waals surface area contributed by atoms with Gasteiger partial charge in [-0.2, -0.15) is 4.37 Å². The summed E-state index contributed by atoms with van der Waals surface area (Å²) in [6.07, 6.45) is 1.82. The van der Waals surface area contributed by atoms with Crippen molar-refractivity contribution in [1.82, 2.24) is 14.3 Å². The second kappa shape index (κ2) is 3.78. The van der Waals surface area contributed by atoms with Crippen LogP contribution in [0.1, 0.15) is 5.56 Å². The number of anilines is 1. The van der Waals surface area contributed by atoms with Crippen LogP contribution in [0.5, 0.6) is 0 Å². The molecule has 17 heavy (non-hydrogen) atoms. The number of aromatic nitrogens is 3. The van der Waals surface area contributed by atoms with E-state index in [1.54, 1.807) is 0 Å². The summed E-state index contributed by atoms with van der Waals surface area (Å²) in [5, 5.41) is 1.94. The first-order valence-corrected chi connectivity index (χ1v) is 6.01. The molecule has 3 aromatic heterocycles. The average Bonchev–Trinajstić information content (AvgIpc) is 2.81. The first-order chi connectivity index (χ1) is 8.24. The van der Waals surface area contributed by atoms with Crippen molar-refractivity contribution >= 4 is 28.4 Å². The number of nitrogen functional groups attached to an aromatic ring is 1. The van der Waals surface area contributed by atoms with Gasteiger partial charge in [0.2, 0.25) is 0 Å². The van der Waals surface area contributed by atoms with Crippen LogP contribution in [0.25, 0.3) is 22.3 Å². The molecule has 84 valence electrons. The molecule has 0 bridgehead atoms. The summed E-state index contributed by atoms with van der Waals surface area (Å²) in [5.41, 5.74) is 10.4. The molecule has 0 aliphatic heterocycles. The second-order valence-electron chi connectivity index (χ2n) is 3.84. The summed E-state index contributed by atoms with van der Waals surface area (Å²) in [6.45, 7) is 1.98. The van der Waals surface area contributed by atoms with Crippen molar-refractivity contribution in [3.63, 3.8) is 0 Å². The van der Waals surface area contributed by atoms with Crippen molar-refractivity contribution in [1.29, 1.82) is 0 Å². The average molecular weight is 242 g/mol. The highest BCUT2D eigenvalue weighted by molar-refractivity contribution is 7.03. The zero-order valence-corrected chi connectivity index (χ0v) is 10.0. The van der Waals surface area contributed by atoms with E-state index >= 15 is 0 Å². The smallest absolute Gasteiger partial charge is 0.124 e. The number of fused-ring (bicyclic) bond motifs is 1. The molecule has 0 amide bonds. The van der Waals surface area contributed by atoms with Crippen LogP contribution in [0, 0.1) is 6.92 Å². The molecule has 3 rings (SSSR count). The zero-order chi connectivity index (χ0) is 11.8. The van der Waals surface area contributed by atoms with Crippen molar-refractivity contribution in [3.05, 3.63) is 35.3 Å². The monoisotopic (exact) mass is 242 g/mol. The lowest BCUT2D eigenvalue weighted by atomic mass is 10.1. The lowest BCUT2D eigenvalue weighted by molar-refractivity contribution is 1.30. The van der Waals surface area contributed by atoms with Crippen LogP contribution >= 0.6 is 11.5 Å². The first-order valence-electron chi connectivity index (χ1n) is 5.17. The predicted octanol–water partition coefficient (Wildman–Crippen LogP) is 2.64. The van der Waals surface area contributed by atoms with Crippen LogP contribution < -0.4 is 5.73 Å². The Morgan fingerprint density at radius 1 is 1.29 bits per heavy atom. The molecule has 0 unspecified atom stereocenters. The van der Waals surface area contributed by atoms with E-state index in [0.29, 0.717) is 5.82 Å². The molecule has 0 spiro atoms. The van der Waals surface area contributed by atoms with Gasteiger partial charge in [-0.3, -0.25) is 4.98 Å². The van der Waals surface area contributed by atoms with E-state index in [4.69, 9.17) is 5.73 Å². The Morgan fingerprint density at radius 3 is 2.94 bits per heavy atom. The van der Waals surface area contributed by atoms with Gasteiger partial charge in [-0.1, -0.05) is 0 Å². The van der Waals surface area contributed by atoms with Crippen molar-refractivity contribution in [2.75, 3.05) is 5.73 Å². The first kappa shape index (κ1) is 10.2. The lowest BCUT2D eigenvalue weighted by Gasteiger charge is -2.04. The van der Waals surface area contributed by atoms with Gasteiger partial charge in [0.25, 0.3) is 0 Å². The minimum atomic E-state index is 0.521. The Balaban J connectivity index is 2.26. The molecule has 0 atom stereocenters. The third-order valence-electron chi connectivity index (χ3n) is 2.59. The molecule has 0 radical (unpaired) electrons. The molecule has 5 heteroatoms. The van der Waals surface area contributed by atoms with E-state index in [1.165, 1.54) is 11.5 Å². The Kier molecular flexibility index (Phi) is 2.26. The summed E-state index contributed by atoms with van der Waals surface area (Å²) >= 11 is 1.42. The van der Waals surface area contributed by atoms with Gasteiger partial charge < -0.3 is 5.73 Å². The SMILES string of the molecule is Cc1cc(N)nc2cc(-c3ccsn3)cnc12. The highest BCUT2D eigenvalue weighted by Crippen LogP contribution is 2.23. The molecule has 3 heterocycles. The van der Waals surface area contributed by atoms with Crippen LogP contribution in [0.4, 0.5) is 5.82 Å². The molecule has 0 fully saturated rings. The lowest BCUT2D eigenvalue weighted by Crippen LogP contribution is -1.94. The highest BCUT2D eigenvalue weighted by atomic mass is 32.1. The molecule has 0 aromatic carbocycles. The number of nitrogens with two attached hydrogens (primary N) is 1. The largest absolute Gasteiger partial charge is 0.384 e. The fraction of sp³-hybridized carbons (Fsp3) is 0.0833. The quantitative estimate of drug-likeness (QED) is 0.712. The number of pyridine rings is 2. The molecular weight excluding hydrogens is 232 g/mol. The van der Waals surface area contributed by atoms with Gasteiger partial charge >= 0.3 is 0 Å². The minimum Gasteiger partial charge on any atom is -0.384 e. The van der Waals surface area contributed by atoms with E-state index < -0.39 is 0 Å². The summed E-state index contributed by atoms with van der Waals surface area (Å²) in [6, 6.07) is 5.77. The second-order valence-corrected chi connectivity index (χ2v) is 4.51. The molecular formula is C12H10N4S. The van der Waals surface area contributed by atoms with Crippen molar-refractivity contribution < 1.29 is 0 Å². The summed E-state index contributed by atoms with van der Waals surface area (Å²) < 4.78 is 4.28. The number of hydrogen-bond donors (Lipinski definition) is 1. The standard InChI is InChI=1S/C12H10N4S/c1-7-4-11(13)15-10-5-8(6-14-12(7)10)9-2-3-17-16-9/h2-6H,1H3,(H2,13,15). The summed E-state index contributed by atoms with van der Waals surface area (Å²) in [4.78, 5) is 8.72. The van der Waals surface area contributed by atoms with Gasteiger partial charge in [-0.15, -0.1) is 0 Å². The summed E-state index contributed by atoms with van der Waals surface area (Å²) in [5.74, 6) is 0.521. The highest BCUT2D eigenvalue weighted by Gasteiger charge is 2.06. The van der Waals surface area contributed by atoms with Gasteiger partial charge in [0.05, 0.1) is 16.7 Å². The molecule has 0 aliphatic carbocycles. The third-order valence-corrected chi connectivity index (χ3v) is 3.15. The van der Waals surface area contributed by atoms with E-state index in [1.807, 2.05) is 36.7 Å². The topological polar surface area (TPSA) is 64.7 Å². The molecule has 2 N–H and O–H groups in total. The van der Waals surface area contributed by atoms with Crippen molar-refractivity contribution in [2.45, 2.75) is 6.92 Å². The number of nitrogens with zero attached hydrogens (tertiary/aromatic N) is 3. The normalized spacial score (nSPS) is 10.9. The van der Waals surface area contributed by atoms with E-state index in [9.17, 15) is 0 Å². The number of aryl methyl sites for hydroxylation is 1. The number of hydrogen-bond acceptors (Lipinski definition) is 5. The summed E-state index contributed by atoms with van der Waals surface area (Å²) in [7, 11) is 0.